The smallest absolute Gasteiger partial charge is 0.350 e. The zero-order valence-electron chi connectivity index (χ0n) is 18.5. The van der Waals surface area contributed by atoms with Crippen molar-refractivity contribution in [1.29, 1.82) is 0 Å². The van der Waals surface area contributed by atoms with Crippen LogP contribution in [-0.2, 0) is 21.2 Å². The van der Waals surface area contributed by atoms with Crippen LogP contribution in [0.2, 0.25) is 0 Å². The number of rotatable bonds is 12. The minimum atomic E-state index is -4.77. The first-order valence-electron chi connectivity index (χ1n) is 10.8. The number of benzene rings is 1. The van der Waals surface area contributed by atoms with Crippen LogP contribution in [0.15, 0.2) is 49.3 Å². The first-order valence-corrected chi connectivity index (χ1v) is 12.3. The summed E-state index contributed by atoms with van der Waals surface area (Å²) in [6.07, 6.45) is 4.57. The maximum absolute atomic E-state index is 15.6. The number of hydrogen-bond acceptors (Lipinski definition) is 5. The van der Waals surface area contributed by atoms with Crippen LogP contribution in [-0.4, -0.2) is 53.0 Å². The van der Waals surface area contributed by atoms with Crippen LogP contribution in [0.5, 0.6) is 0 Å². The lowest BCUT2D eigenvalue weighted by Crippen LogP contribution is -2.49. The molecule has 2 unspecified atom stereocenters. The summed E-state index contributed by atoms with van der Waals surface area (Å²) in [6.45, 7) is 8.96. The minimum Gasteiger partial charge on any atom is -0.492 e. The second-order valence-corrected chi connectivity index (χ2v) is 10.1. The fourth-order valence-electron chi connectivity index (χ4n) is 4.30. The van der Waals surface area contributed by atoms with Gasteiger partial charge in [-0.2, -0.15) is 8.78 Å². The van der Waals surface area contributed by atoms with Gasteiger partial charge in [0.15, 0.2) is 0 Å². The summed E-state index contributed by atoms with van der Waals surface area (Å²) < 4.78 is 73.1. The zero-order chi connectivity index (χ0) is 24.2. The molecule has 1 aliphatic carbocycles. The SMILES string of the molecule is C=C/C(OCCNC)=C(\C=C)c1cccc(CC2NCC3(CC3)C2NS(=O)(=O)C(F)F)c1F. The molecule has 1 saturated heterocycles. The van der Waals surface area contributed by atoms with Crippen molar-refractivity contribution < 1.29 is 26.3 Å². The largest absolute Gasteiger partial charge is 0.492 e. The Morgan fingerprint density at radius 3 is 2.64 bits per heavy atom. The number of sulfonamides is 1. The van der Waals surface area contributed by atoms with E-state index in [9.17, 15) is 17.2 Å². The molecule has 2 fully saturated rings. The molecule has 0 aromatic heterocycles. The molecule has 33 heavy (non-hydrogen) atoms. The molecule has 182 valence electrons. The molecule has 10 heteroatoms. The van der Waals surface area contributed by atoms with Gasteiger partial charge < -0.3 is 15.4 Å². The molecule has 1 aromatic carbocycles. The van der Waals surface area contributed by atoms with Crippen molar-refractivity contribution in [2.24, 2.45) is 5.41 Å². The van der Waals surface area contributed by atoms with Crippen molar-refractivity contribution in [3.05, 3.63) is 66.2 Å². The van der Waals surface area contributed by atoms with Gasteiger partial charge in [0.25, 0.3) is 10.0 Å². The van der Waals surface area contributed by atoms with Gasteiger partial charge in [0.2, 0.25) is 0 Å². The monoisotopic (exact) mass is 485 g/mol. The number of nitrogens with one attached hydrogen (secondary N) is 3. The maximum Gasteiger partial charge on any atom is 0.350 e. The van der Waals surface area contributed by atoms with E-state index >= 15 is 4.39 Å². The molecular weight excluding hydrogens is 455 g/mol. The van der Waals surface area contributed by atoms with E-state index in [1.54, 1.807) is 25.2 Å². The topological polar surface area (TPSA) is 79.5 Å². The normalized spacial score (nSPS) is 22.3. The van der Waals surface area contributed by atoms with Crippen LogP contribution >= 0.6 is 0 Å². The zero-order valence-corrected chi connectivity index (χ0v) is 19.4. The first-order chi connectivity index (χ1) is 15.7. The highest BCUT2D eigenvalue weighted by Gasteiger charge is 2.57. The molecule has 1 aliphatic heterocycles. The van der Waals surface area contributed by atoms with E-state index in [0.717, 1.165) is 12.8 Å². The van der Waals surface area contributed by atoms with Crippen LogP contribution in [0.4, 0.5) is 13.2 Å². The molecule has 1 spiro atoms. The van der Waals surface area contributed by atoms with Crippen LogP contribution in [0, 0.1) is 11.2 Å². The third kappa shape index (κ3) is 5.51. The summed E-state index contributed by atoms with van der Waals surface area (Å²) in [5.41, 5.74) is 0.644. The Labute approximate surface area is 193 Å². The van der Waals surface area contributed by atoms with Gasteiger partial charge >= 0.3 is 5.76 Å². The minimum absolute atomic E-state index is 0.131. The molecule has 0 radical (unpaired) electrons. The summed E-state index contributed by atoms with van der Waals surface area (Å²) >= 11 is 0. The Hall–Kier alpha value is -2.14. The number of ether oxygens (including phenoxy) is 1. The predicted octanol–water partition coefficient (Wildman–Crippen LogP) is 2.95. The Kier molecular flexibility index (Phi) is 8.04. The Morgan fingerprint density at radius 2 is 2.06 bits per heavy atom. The molecule has 1 saturated carbocycles. The summed E-state index contributed by atoms with van der Waals surface area (Å²) in [4.78, 5) is 0. The van der Waals surface area contributed by atoms with E-state index < -0.39 is 39.1 Å². The number of halogens is 3. The second kappa shape index (κ2) is 10.4. The summed E-state index contributed by atoms with van der Waals surface area (Å²) in [5, 5.41) is 6.17. The van der Waals surface area contributed by atoms with E-state index in [1.165, 1.54) is 12.2 Å². The van der Waals surface area contributed by atoms with Crippen molar-refractivity contribution in [2.45, 2.75) is 37.1 Å². The Balaban J connectivity index is 1.88. The number of hydrogen-bond donors (Lipinski definition) is 3. The summed E-state index contributed by atoms with van der Waals surface area (Å²) in [6, 6.07) is 3.64. The molecule has 2 aliphatic rings. The van der Waals surface area contributed by atoms with Gasteiger partial charge in [-0.05, 0) is 37.9 Å². The van der Waals surface area contributed by atoms with Gasteiger partial charge in [-0.1, -0.05) is 37.4 Å². The lowest BCUT2D eigenvalue weighted by atomic mass is 9.91. The van der Waals surface area contributed by atoms with Crippen molar-refractivity contribution in [3.63, 3.8) is 0 Å². The summed E-state index contributed by atoms with van der Waals surface area (Å²) in [5.74, 6) is -3.64. The van der Waals surface area contributed by atoms with Gasteiger partial charge in [0.1, 0.15) is 18.2 Å². The first kappa shape index (κ1) is 25.5. The molecule has 0 bridgehead atoms. The van der Waals surface area contributed by atoms with Crippen LogP contribution in [0.1, 0.15) is 24.0 Å². The number of likely N-dealkylation sites (N-methyl/N-ethyl adjacent to an activating group) is 1. The highest BCUT2D eigenvalue weighted by molar-refractivity contribution is 7.89. The average molecular weight is 486 g/mol. The van der Waals surface area contributed by atoms with Crippen LogP contribution in [0.25, 0.3) is 5.57 Å². The predicted molar refractivity (Wildman–Crippen MR) is 123 cm³/mol. The third-order valence-electron chi connectivity index (χ3n) is 6.27. The van der Waals surface area contributed by atoms with Crippen molar-refractivity contribution in [3.8, 4) is 0 Å². The molecular formula is C23H30F3N3O3S. The van der Waals surface area contributed by atoms with E-state index in [1.807, 2.05) is 0 Å². The van der Waals surface area contributed by atoms with E-state index in [0.29, 0.717) is 36.6 Å². The molecule has 1 heterocycles. The molecule has 6 nitrogen and oxygen atoms in total. The van der Waals surface area contributed by atoms with E-state index in [2.05, 4.69) is 28.5 Å². The van der Waals surface area contributed by atoms with Crippen molar-refractivity contribution in [1.82, 2.24) is 15.4 Å². The Morgan fingerprint density at radius 1 is 1.33 bits per heavy atom. The second-order valence-electron chi connectivity index (χ2n) is 8.37. The summed E-state index contributed by atoms with van der Waals surface area (Å²) in [7, 11) is -2.98. The van der Waals surface area contributed by atoms with Crippen molar-refractivity contribution >= 4 is 15.6 Å². The fraction of sp³-hybridized carbons (Fsp3) is 0.478. The maximum atomic E-state index is 15.6. The van der Waals surface area contributed by atoms with E-state index in [4.69, 9.17) is 4.74 Å². The van der Waals surface area contributed by atoms with Gasteiger partial charge in [-0.15, -0.1) is 0 Å². The molecule has 3 N–H and O–H groups in total. The third-order valence-corrected chi connectivity index (χ3v) is 7.32. The lowest BCUT2D eigenvalue weighted by Gasteiger charge is -2.25. The number of alkyl halides is 2. The quantitative estimate of drug-likeness (QED) is 0.241. The molecule has 2 atom stereocenters. The van der Waals surface area contributed by atoms with Crippen LogP contribution in [0.3, 0.4) is 0 Å². The fourth-order valence-corrected chi connectivity index (χ4v) is 5.17. The Bertz CT molecular complexity index is 1020. The van der Waals surface area contributed by atoms with Gasteiger partial charge in [-0.3, -0.25) is 0 Å². The molecule has 1 aromatic rings. The molecule has 0 amide bonds. The number of allylic oxidation sites excluding steroid dienone is 3. The van der Waals surface area contributed by atoms with Crippen LogP contribution < -0.4 is 15.4 Å². The van der Waals surface area contributed by atoms with Gasteiger partial charge in [0.05, 0.1) is 0 Å². The highest BCUT2D eigenvalue weighted by Crippen LogP contribution is 2.52. The van der Waals surface area contributed by atoms with Gasteiger partial charge in [0, 0.05) is 41.7 Å². The molecule has 3 rings (SSSR count). The average Bonchev–Trinajstić information content (AvgIpc) is 3.50. The highest BCUT2D eigenvalue weighted by atomic mass is 32.2. The van der Waals surface area contributed by atoms with E-state index in [-0.39, 0.29) is 12.0 Å². The lowest BCUT2D eigenvalue weighted by molar-refractivity contribution is 0.229. The van der Waals surface area contributed by atoms with Crippen molar-refractivity contribution in [2.75, 3.05) is 26.7 Å². The van der Waals surface area contributed by atoms with Gasteiger partial charge in [-0.25, -0.2) is 17.5 Å². The standard InChI is InChI=1S/C23H30F3N3O3S/c1-4-16(19(5-2)32-12-11-27-3)17-8-6-7-15(20(17)24)13-18-21(23(9-10-23)14-28-18)29-33(30,31)22(25)26/h4-8,18,21-22,27-29H,1-2,9-14H2,3H3/b19-16-.